The second kappa shape index (κ2) is 10.7. The number of oxime groups is 1. The van der Waals surface area contributed by atoms with E-state index in [9.17, 15) is 9.90 Å². The molecule has 0 saturated heterocycles. The summed E-state index contributed by atoms with van der Waals surface area (Å²) >= 11 is 1.29. The summed E-state index contributed by atoms with van der Waals surface area (Å²) in [6, 6.07) is 30.3. The zero-order valence-electron chi connectivity index (χ0n) is 20.2. The van der Waals surface area contributed by atoms with Gasteiger partial charge in [0.05, 0.1) is 0 Å². The molecule has 0 aliphatic heterocycles. The lowest BCUT2D eigenvalue weighted by Crippen LogP contribution is -2.38. The van der Waals surface area contributed by atoms with Crippen molar-refractivity contribution in [3.8, 4) is 0 Å². The molecule has 0 unspecified atom stereocenters. The number of nitrogens with one attached hydrogen (secondary N) is 1. The maximum absolute atomic E-state index is 12.0. The molecule has 1 aromatic heterocycles. The lowest BCUT2D eigenvalue weighted by Gasteiger charge is -2.36. The molecule has 4 aromatic rings. The molecule has 0 aliphatic carbocycles. The van der Waals surface area contributed by atoms with Crippen molar-refractivity contribution in [1.82, 2.24) is 4.98 Å². The Hall–Kier alpha value is -4.01. The van der Waals surface area contributed by atoms with Crippen LogP contribution in [-0.4, -0.2) is 34.7 Å². The Bertz CT molecular complexity index is 1230. The maximum Gasteiger partial charge on any atom is 0.360 e. The summed E-state index contributed by atoms with van der Waals surface area (Å²) in [5.41, 5.74) is 2.12. The molecule has 0 fully saturated rings. The smallest absolute Gasteiger partial charge is 0.360 e. The molecular formula is C28H27N3O4S. The van der Waals surface area contributed by atoms with E-state index in [2.05, 4.69) is 51.9 Å². The molecule has 0 amide bonds. The number of hydrogen-bond donors (Lipinski definition) is 2. The van der Waals surface area contributed by atoms with Crippen molar-refractivity contribution >= 4 is 28.1 Å². The van der Waals surface area contributed by atoms with Crippen molar-refractivity contribution < 1.29 is 19.5 Å². The Kier molecular flexibility index (Phi) is 7.47. The molecule has 0 spiro atoms. The largest absolute Gasteiger partial charge is 0.476 e. The van der Waals surface area contributed by atoms with Gasteiger partial charge >= 0.3 is 5.97 Å². The van der Waals surface area contributed by atoms with Crippen LogP contribution in [0.15, 0.2) is 102 Å². The summed E-state index contributed by atoms with van der Waals surface area (Å²) < 4.78 is 5.17. The molecule has 2 N–H and O–H groups in total. The van der Waals surface area contributed by atoms with Crippen molar-refractivity contribution in [3.05, 3.63) is 119 Å². The summed E-state index contributed by atoms with van der Waals surface area (Å²) in [6.07, 6.45) is 0. The van der Waals surface area contributed by atoms with Crippen LogP contribution in [0.2, 0.25) is 0 Å². The lowest BCUT2D eigenvalue weighted by atomic mass is 9.77. The average molecular weight is 502 g/mol. The van der Waals surface area contributed by atoms with Gasteiger partial charge in [-0.1, -0.05) is 96.2 Å². The van der Waals surface area contributed by atoms with Gasteiger partial charge in [0.25, 0.3) is 0 Å². The highest BCUT2D eigenvalue weighted by Crippen LogP contribution is 2.40. The Labute approximate surface area is 214 Å². The zero-order valence-corrected chi connectivity index (χ0v) is 21.0. The summed E-state index contributed by atoms with van der Waals surface area (Å²) in [6.45, 7) is 3.27. The number of hydrogen-bond acceptors (Lipinski definition) is 7. The Morgan fingerprint density at radius 2 is 1.36 bits per heavy atom. The normalized spacial score (nSPS) is 12.2. The van der Waals surface area contributed by atoms with E-state index in [1.807, 2.05) is 54.6 Å². The molecule has 4 rings (SSSR count). The summed E-state index contributed by atoms with van der Waals surface area (Å²) in [5.74, 6) is -2.33. The van der Waals surface area contributed by atoms with Gasteiger partial charge in [0, 0.05) is 26.3 Å². The highest BCUT2D eigenvalue weighted by Gasteiger charge is 2.37. The van der Waals surface area contributed by atoms with Crippen LogP contribution in [-0.2, 0) is 19.9 Å². The number of carboxylic acids is 1. The summed E-state index contributed by atoms with van der Waals surface area (Å²) in [5, 5.41) is 19.4. The van der Waals surface area contributed by atoms with E-state index in [1.165, 1.54) is 18.4 Å². The third-order valence-corrected chi connectivity index (χ3v) is 6.47. The molecule has 0 aliphatic rings. The van der Waals surface area contributed by atoms with Gasteiger partial charge in [0.1, 0.15) is 11.2 Å². The van der Waals surface area contributed by atoms with Crippen LogP contribution in [0, 0.1) is 0 Å². The van der Waals surface area contributed by atoms with Crippen LogP contribution in [0.4, 0.5) is 5.13 Å². The van der Waals surface area contributed by atoms with Crippen molar-refractivity contribution in [1.29, 1.82) is 0 Å². The molecule has 184 valence electrons. The predicted molar refractivity (Wildman–Crippen MR) is 141 cm³/mol. The van der Waals surface area contributed by atoms with Gasteiger partial charge in [0.2, 0.25) is 11.5 Å². The Balaban J connectivity index is 1.82. The van der Waals surface area contributed by atoms with Gasteiger partial charge in [0.15, 0.2) is 5.13 Å². The van der Waals surface area contributed by atoms with Crippen molar-refractivity contribution in [2.45, 2.75) is 25.2 Å². The minimum Gasteiger partial charge on any atom is -0.476 e. The Morgan fingerprint density at radius 3 is 1.78 bits per heavy atom. The molecule has 1 heterocycles. The molecule has 8 heteroatoms. The zero-order chi connectivity index (χ0) is 25.6. The van der Waals surface area contributed by atoms with Gasteiger partial charge in [-0.3, -0.25) is 0 Å². The number of nitrogens with zero attached hydrogens (tertiary/aromatic N) is 2. The second-order valence-electron chi connectivity index (χ2n) is 8.45. The first-order chi connectivity index (χ1) is 17.4. The molecular weight excluding hydrogens is 474 g/mol. The average Bonchev–Trinajstić information content (AvgIpc) is 3.36. The number of anilines is 1. The van der Waals surface area contributed by atoms with Crippen LogP contribution < -0.4 is 5.32 Å². The fourth-order valence-corrected chi connectivity index (χ4v) is 4.52. The highest BCUT2D eigenvalue weighted by molar-refractivity contribution is 7.14. The summed E-state index contributed by atoms with van der Waals surface area (Å²) in [7, 11) is 1.46. The quantitative estimate of drug-likeness (QED) is 0.125. The molecule has 0 radical (unpaired) electrons. The first kappa shape index (κ1) is 25.1. The SMILES string of the molecule is COC(C)(C)ON=C(C(=O)O)c1csc(NC(c2ccccc2)(c2ccccc2)c2ccccc2)n1. The number of thiazole rings is 1. The molecule has 0 saturated carbocycles. The van der Waals surface area contributed by atoms with Gasteiger partial charge in [-0.05, 0) is 16.7 Å². The number of carbonyl (C=O) groups is 1. The molecule has 0 atom stereocenters. The molecule has 0 bridgehead atoms. The number of carboxylic acid groups (broad SMARTS) is 1. The van der Waals surface area contributed by atoms with Crippen molar-refractivity contribution in [2.24, 2.45) is 5.16 Å². The minimum absolute atomic E-state index is 0.185. The van der Waals surface area contributed by atoms with Gasteiger partial charge in [-0.15, -0.1) is 11.3 Å². The number of rotatable bonds is 10. The van der Waals surface area contributed by atoms with E-state index in [1.54, 1.807) is 19.2 Å². The number of methoxy groups -OCH3 is 1. The van der Waals surface area contributed by atoms with Crippen LogP contribution in [0.1, 0.15) is 36.2 Å². The van der Waals surface area contributed by atoms with E-state index < -0.39 is 17.3 Å². The third-order valence-electron chi connectivity index (χ3n) is 5.71. The van der Waals surface area contributed by atoms with Crippen molar-refractivity contribution in [2.75, 3.05) is 12.4 Å². The molecule has 3 aromatic carbocycles. The monoisotopic (exact) mass is 501 g/mol. The van der Waals surface area contributed by atoms with Crippen LogP contribution >= 0.6 is 11.3 Å². The third kappa shape index (κ3) is 5.30. The number of benzene rings is 3. The lowest BCUT2D eigenvalue weighted by molar-refractivity contribution is -0.197. The van der Waals surface area contributed by atoms with Crippen LogP contribution in [0.3, 0.4) is 0 Å². The fourth-order valence-electron chi connectivity index (χ4n) is 3.77. The van der Waals surface area contributed by atoms with E-state index >= 15 is 0 Å². The minimum atomic E-state index is -1.25. The second-order valence-corrected chi connectivity index (χ2v) is 9.31. The first-order valence-corrected chi connectivity index (χ1v) is 12.2. The maximum atomic E-state index is 12.0. The molecule has 36 heavy (non-hydrogen) atoms. The number of aromatic nitrogens is 1. The van der Waals surface area contributed by atoms with E-state index in [0.29, 0.717) is 5.13 Å². The van der Waals surface area contributed by atoms with Gasteiger partial charge in [-0.25, -0.2) is 9.78 Å². The highest BCUT2D eigenvalue weighted by atomic mass is 32.1. The van der Waals surface area contributed by atoms with Gasteiger partial charge < -0.3 is 20.0 Å². The topological polar surface area (TPSA) is 93.0 Å². The van der Waals surface area contributed by atoms with Crippen LogP contribution in [0.25, 0.3) is 0 Å². The summed E-state index contributed by atoms with van der Waals surface area (Å²) in [4.78, 5) is 21.9. The molecule has 7 nitrogen and oxygen atoms in total. The first-order valence-electron chi connectivity index (χ1n) is 11.3. The van der Waals surface area contributed by atoms with E-state index in [0.717, 1.165) is 16.7 Å². The fraction of sp³-hybridized carbons (Fsp3) is 0.179. The van der Waals surface area contributed by atoms with Crippen molar-refractivity contribution in [3.63, 3.8) is 0 Å². The Morgan fingerprint density at radius 1 is 0.889 bits per heavy atom. The standard InChI is InChI=1S/C28H27N3O4S/c1-27(2,34-3)35-31-24(25(32)33)23-19-36-26(29-23)30-28(20-13-7-4-8-14-20,21-15-9-5-10-16-21)22-17-11-6-12-18-22/h4-19H,1-3H3,(H,29,30)(H,32,33). The predicted octanol–water partition coefficient (Wildman–Crippen LogP) is 5.73. The number of aliphatic carboxylic acids is 1. The van der Waals surface area contributed by atoms with E-state index in [4.69, 9.17) is 9.57 Å². The number of ether oxygens (including phenoxy) is 1. The van der Waals surface area contributed by atoms with Crippen LogP contribution in [0.5, 0.6) is 0 Å². The van der Waals surface area contributed by atoms with Gasteiger partial charge in [-0.2, -0.15) is 0 Å². The van der Waals surface area contributed by atoms with E-state index in [-0.39, 0.29) is 11.4 Å².